The van der Waals surface area contributed by atoms with E-state index in [4.69, 9.17) is 0 Å². The van der Waals surface area contributed by atoms with Crippen molar-refractivity contribution in [2.45, 2.75) is 18.9 Å². The molecule has 0 spiro atoms. The Morgan fingerprint density at radius 3 is 2.86 bits per heavy atom. The van der Waals surface area contributed by atoms with Crippen molar-refractivity contribution in [2.75, 3.05) is 24.5 Å². The lowest BCUT2D eigenvalue weighted by Crippen LogP contribution is -2.41. The number of hydrogen-bond donors (Lipinski definition) is 1. The Hall–Kier alpha value is -1.87. The molecule has 21 heavy (non-hydrogen) atoms. The van der Waals surface area contributed by atoms with Crippen molar-refractivity contribution in [1.29, 1.82) is 0 Å². The first-order valence-electron chi connectivity index (χ1n) is 7.83. The molecule has 3 heterocycles. The van der Waals surface area contributed by atoms with Gasteiger partial charge in [0.15, 0.2) is 0 Å². The van der Waals surface area contributed by atoms with E-state index in [-0.39, 0.29) is 0 Å². The molecule has 0 amide bonds. The number of anilines is 1. The third-order valence-corrected chi connectivity index (χ3v) is 4.63. The summed E-state index contributed by atoms with van der Waals surface area (Å²) < 4.78 is 0. The first-order valence-corrected chi connectivity index (χ1v) is 7.83. The van der Waals surface area contributed by atoms with Gasteiger partial charge in [-0.1, -0.05) is 30.3 Å². The lowest BCUT2D eigenvalue weighted by Gasteiger charge is -2.32. The lowest BCUT2D eigenvalue weighted by atomic mass is 9.99. The first-order chi connectivity index (χ1) is 10.4. The predicted octanol–water partition coefficient (Wildman–Crippen LogP) is 2.47. The summed E-state index contributed by atoms with van der Waals surface area (Å²) in [7, 11) is 0. The molecule has 2 atom stereocenters. The van der Waals surface area contributed by atoms with Crippen LogP contribution in [0.2, 0.25) is 0 Å². The minimum Gasteiger partial charge on any atom is -0.368 e. The highest BCUT2D eigenvalue weighted by Crippen LogP contribution is 2.27. The van der Waals surface area contributed by atoms with Crippen molar-refractivity contribution >= 4 is 5.69 Å². The number of benzene rings is 1. The van der Waals surface area contributed by atoms with Crippen molar-refractivity contribution in [3.05, 3.63) is 59.9 Å². The van der Waals surface area contributed by atoms with Crippen LogP contribution < -0.4 is 10.2 Å². The van der Waals surface area contributed by atoms with Crippen LogP contribution in [0.3, 0.4) is 0 Å². The van der Waals surface area contributed by atoms with Crippen LogP contribution in [-0.2, 0) is 6.42 Å². The molecule has 0 radical (unpaired) electrons. The third-order valence-electron chi connectivity index (χ3n) is 4.63. The van der Waals surface area contributed by atoms with E-state index < -0.39 is 0 Å². The third kappa shape index (κ3) is 2.79. The minimum atomic E-state index is 0.668. The molecule has 1 aromatic heterocycles. The quantitative estimate of drug-likeness (QED) is 0.935. The predicted molar refractivity (Wildman–Crippen MR) is 85.6 cm³/mol. The molecule has 3 heteroatoms. The Bertz CT molecular complexity index is 599. The molecule has 3 nitrogen and oxygen atoms in total. The van der Waals surface area contributed by atoms with Crippen molar-refractivity contribution in [2.24, 2.45) is 5.92 Å². The highest BCUT2D eigenvalue weighted by atomic mass is 15.2. The van der Waals surface area contributed by atoms with Crippen LogP contribution in [0.15, 0.2) is 48.8 Å². The molecule has 2 fully saturated rings. The molecule has 2 saturated heterocycles. The highest BCUT2D eigenvalue weighted by Gasteiger charge is 2.32. The molecule has 108 valence electrons. The number of aromatic nitrogens is 1. The second kappa shape index (κ2) is 5.49. The largest absolute Gasteiger partial charge is 0.368 e. The summed E-state index contributed by atoms with van der Waals surface area (Å²) in [6.07, 6.45) is 6.31. The van der Waals surface area contributed by atoms with Gasteiger partial charge in [-0.25, -0.2) is 0 Å². The van der Waals surface area contributed by atoms with Gasteiger partial charge in [0.25, 0.3) is 0 Å². The van der Waals surface area contributed by atoms with E-state index in [1.807, 2.05) is 12.4 Å². The van der Waals surface area contributed by atoms with Crippen molar-refractivity contribution < 1.29 is 0 Å². The van der Waals surface area contributed by atoms with E-state index in [0.29, 0.717) is 6.04 Å². The van der Waals surface area contributed by atoms with Gasteiger partial charge >= 0.3 is 0 Å². The number of hydrogen-bond acceptors (Lipinski definition) is 3. The Labute approximate surface area is 126 Å². The van der Waals surface area contributed by atoms with Crippen LogP contribution in [0.1, 0.15) is 17.5 Å². The summed E-state index contributed by atoms with van der Waals surface area (Å²) in [5.74, 6) is 0.807. The molecule has 2 aliphatic heterocycles. The Balaban J connectivity index is 1.53. The van der Waals surface area contributed by atoms with E-state index >= 15 is 0 Å². The topological polar surface area (TPSA) is 28.2 Å². The second-order valence-electron chi connectivity index (χ2n) is 6.33. The van der Waals surface area contributed by atoms with Crippen LogP contribution in [0.25, 0.3) is 0 Å². The highest BCUT2D eigenvalue weighted by molar-refractivity contribution is 5.48. The molecule has 2 aliphatic rings. The fourth-order valence-electron chi connectivity index (χ4n) is 3.62. The van der Waals surface area contributed by atoms with E-state index in [9.17, 15) is 0 Å². The molecule has 0 saturated carbocycles. The van der Waals surface area contributed by atoms with Crippen molar-refractivity contribution in [3.8, 4) is 0 Å². The summed E-state index contributed by atoms with van der Waals surface area (Å²) in [5, 5.41) is 3.61. The van der Waals surface area contributed by atoms with Crippen molar-refractivity contribution in [3.63, 3.8) is 0 Å². The number of nitrogens with one attached hydrogen (secondary N) is 1. The van der Waals surface area contributed by atoms with Gasteiger partial charge in [-0.05, 0) is 36.0 Å². The second-order valence-corrected chi connectivity index (χ2v) is 6.33. The first kappa shape index (κ1) is 12.8. The van der Waals surface area contributed by atoms with Gasteiger partial charge in [0.1, 0.15) is 0 Å². The zero-order chi connectivity index (χ0) is 14.1. The molecule has 2 unspecified atom stereocenters. The van der Waals surface area contributed by atoms with Gasteiger partial charge in [0, 0.05) is 31.9 Å². The molecular weight excluding hydrogens is 258 g/mol. The zero-order valence-corrected chi connectivity index (χ0v) is 12.2. The maximum Gasteiger partial charge on any atom is 0.0556 e. The summed E-state index contributed by atoms with van der Waals surface area (Å²) in [4.78, 5) is 6.96. The molecule has 1 N–H and O–H groups in total. The number of pyridine rings is 1. The van der Waals surface area contributed by atoms with Crippen LogP contribution in [0.5, 0.6) is 0 Å². The van der Waals surface area contributed by atoms with Gasteiger partial charge in [-0.3, -0.25) is 4.98 Å². The number of piperidine rings is 1. The Kier molecular flexibility index (Phi) is 3.36. The van der Waals surface area contributed by atoms with Crippen LogP contribution in [0.4, 0.5) is 5.69 Å². The number of rotatable bonds is 3. The summed E-state index contributed by atoms with van der Waals surface area (Å²) >= 11 is 0. The van der Waals surface area contributed by atoms with Gasteiger partial charge in [-0.2, -0.15) is 0 Å². The number of fused-ring (bicyclic) bond motifs is 2. The summed E-state index contributed by atoms with van der Waals surface area (Å²) in [5.41, 5.74) is 3.92. The summed E-state index contributed by atoms with van der Waals surface area (Å²) in [6.45, 7) is 3.46. The molecular formula is C18H21N3. The average molecular weight is 279 g/mol. The summed E-state index contributed by atoms with van der Waals surface area (Å²) in [6, 6.07) is 13.6. The minimum absolute atomic E-state index is 0.668. The monoisotopic (exact) mass is 279 g/mol. The maximum absolute atomic E-state index is 4.46. The number of nitrogens with zero attached hydrogens (tertiary/aromatic N) is 2. The van der Waals surface area contributed by atoms with E-state index in [0.717, 1.165) is 18.9 Å². The molecule has 4 rings (SSSR count). The van der Waals surface area contributed by atoms with Gasteiger partial charge in [0.05, 0.1) is 11.9 Å². The van der Waals surface area contributed by atoms with Crippen molar-refractivity contribution in [1.82, 2.24) is 10.3 Å². The molecule has 1 aromatic carbocycles. The van der Waals surface area contributed by atoms with Crippen LogP contribution >= 0.6 is 0 Å². The van der Waals surface area contributed by atoms with Crippen LogP contribution in [0, 0.1) is 5.92 Å². The van der Waals surface area contributed by atoms with Crippen LogP contribution in [-0.4, -0.2) is 30.7 Å². The smallest absolute Gasteiger partial charge is 0.0556 e. The molecule has 0 aliphatic carbocycles. The maximum atomic E-state index is 4.46. The Morgan fingerprint density at radius 2 is 2.00 bits per heavy atom. The zero-order valence-electron chi connectivity index (χ0n) is 12.2. The van der Waals surface area contributed by atoms with Gasteiger partial charge in [-0.15, -0.1) is 0 Å². The van der Waals surface area contributed by atoms with E-state index in [2.05, 4.69) is 51.6 Å². The van der Waals surface area contributed by atoms with E-state index in [1.165, 1.54) is 36.3 Å². The Morgan fingerprint density at radius 1 is 1.10 bits per heavy atom. The fourth-order valence-corrected chi connectivity index (χ4v) is 3.62. The van der Waals surface area contributed by atoms with Gasteiger partial charge in [0.2, 0.25) is 0 Å². The molecule has 2 bridgehead atoms. The normalized spacial score (nSPS) is 24.3. The average Bonchev–Trinajstić information content (AvgIpc) is 2.87. The fraction of sp³-hybridized carbons (Fsp3) is 0.389. The van der Waals surface area contributed by atoms with E-state index in [1.54, 1.807) is 0 Å². The molecule has 2 aromatic rings. The standard InChI is InChI=1S/C18H21N3/c1-2-4-14(5-3-1)6-15-8-18(11-19-9-15)21-12-16-7-17(13-21)20-10-16/h1-5,8-9,11,16-17,20H,6-7,10,12-13H2. The van der Waals surface area contributed by atoms with Gasteiger partial charge < -0.3 is 10.2 Å². The lowest BCUT2D eigenvalue weighted by molar-refractivity contribution is 0.474. The SMILES string of the molecule is c1ccc(Cc2cncc(N3CC4CNC(C4)C3)c2)cc1.